The summed E-state index contributed by atoms with van der Waals surface area (Å²) in [6.45, 7) is 1.18. The van der Waals surface area contributed by atoms with Crippen LogP contribution in [-0.4, -0.2) is 32.3 Å². The van der Waals surface area contributed by atoms with Crippen LogP contribution >= 0.6 is 0 Å². The number of rotatable bonds is 5. The molecule has 0 saturated carbocycles. The van der Waals surface area contributed by atoms with Crippen molar-refractivity contribution in [2.24, 2.45) is 0 Å². The van der Waals surface area contributed by atoms with Crippen molar-refractivity contribution in [1.82, 2.24) is 5.32 Å². The van der Waals surface area contributed by atoms with Crippen molar-refractivity contribution in [3.8, 4) is 11.8 Å². The highest BCUT2D eigenvalue weighted by Gasteiger charge is 2.17. The van der Waals surface area contributed by atoms with Gasteiger partial charge in [-0.05, 0) is 36.6 Å². The minimum atomic E-state index is -0.379. The summed E-state index contributed by atoms with van der Waals surface area (Å²) in [5.74, 6) is 0.302. The second-order valence-corrected chi connectivity index (χ2v) is 4.79. The van der Waals surface area contributed by atoms with Crippen molar-refractivity contribution >= 4 is 12.0 Å². The van der Waals surface area contributed by atoms with E-state index < -0.39 is 0 Å². The van der Waals surface area contributed by atoms with Crippen molar-refractivity contribution in [3.05, 3.63) is 35.4 Å². The number of carbonyl (C=O) groups excluding carboxylic acids is 1. The quantitative estimate of drug-likeness (QED) is 0.663. The summed E-state index contributed by atoms with van der Waals surface area (Å²) in [6, 6.07) is 9.13. The third kappa shape index (κ3) is 4.33. The fraction of sp³-hybridized carbons (Fsp3) is 0.375. The molecule has 2 rings (SSSR count). The van der Waals surface area contributed by atoms with Gasteiger partial charge in [-0.1, -0.05) is 12.1 Å². The Morgan fingerprint density at radius 3 is 3.14 bits per heavy atom. The molecule has 0 aliphatic carbocycles. The number of carbonyl (C=O) groups is 1. The molecule has 1 aliphatic rings. The van der Waals surface area contributed by atoms with E-state index >= 15 is 0 Å². The lowest BCUT2D eigenvalue weighted by Gasteiger charge is -2.10. The van der Waals surface area contributed by atoms with Crippen LogP contribution in [-0.2, 0) is 9.53 Å². The van der Waals surface area contributed by atoms with Crippen LogP contribution in [0.25, 0.3) is 6.08 Å². The average Bonchev–Trinajstić information content (AvgIpc) is 3.04. The Hall–Kier alpha value is -2.32. The number of hydrogen-bond acceptors (Lipinski definition) is 4. The van der Waals surface area contributed by atoms with Crippen LogP contribution in [0.3, 0.4) is 0 Å². The van der Waals surface area contributed by atoms with Gasteiger partial charge in [0.25, 0.3) is 5.91 Å². The maximum atomic E-state index is 12.0. The Balaban J connectivity index is 2.01. The zero-order valence-corrected chi connectivity index (χ0v) is 12.0. The van der Waals surface area contributed by atoms with E-state index in [0.29, 0.717) is 12.3 Å². The fourth-order valence-electron chi connectivity index (χ4n) is 2.15. The minimum Gasteiger partial charge on any atom is -0.497 e. The van der Waals surface area contributed by atoms with Gasteiger partial charge < -0.3 is 14.8 Å². The van der Waals surface area contributed by atoms with Crippen molar-refractivity contribution in [2.45, 2.75) is 18.9 Å². The van der Waals surface area contributed by atoms with Crippen LogP contribution in [0, 0.1) is 11.3 Å². The molecular weight excluding hydrogens is 268 g/mol. The van der Waals surface area contributed by atoms with E-state index in [2.05, 4.69) is 5.32 Å². The largest absolute Gasteiger partial charge is 0.497 e. The van der Waals surface area contributed by atoms with Gasteiger partial charge in [-0.25, -0.2) is 0 Å². The van der Waals surface area contributed by atoms with Gasteiger partial charge in [-0.3, -0.25) is 4.79 Å². The predicted octanol–water partition coefficient (Wildman–Crippen LogP) is 1.90. The number of nitrogens with zero attached hydrogens (tertiary/aromatic N) is 1. The summed E-state index contributed by atoms with van der Waals surface area (Å²) in [6.07, 6.45) is 3.58. The number of benzene rings is 1. The van der Waals surface area contributed by atoms with E-state index in [9.17, 15) is 4.79 Å². The highest BCUT2D eigenvalue weighted by atomic mass is 16.5. The third-order valence-corrected chi connectivity index (χ3v) is 3.28. The molecule has 0 spiro atoms. The lowest BCUT2D eigenvalue weighted by atomic mass is 10.1. The van der Waals surface area contributed by atoms with Gasteiger partial charge in [-0.15, -0.1) is 0 Å². The van der Waals surface area contributed by atoms with E-state index in [1.165, 1.54) is 0 Å². The van der Waals surface area contributed by atoms with Crippen LogP contribution in [0.1, 0.15) is 18.4 Å². The highest BCUT2D eigenvalue weighted by molar-refractivity contribution is 6.01. The summed E-state index contributed by atoms with van der Waals surface area (Å²) < 4.78 is 10.5. The Bertz CT molecular complexity index is 569. The smallest absolute Gasteiger partial charge is 0.262 e. The molecule has 1 aromatic carbocycles. The first-order valence-corrected chi connectivity index (χ1v) is 6.88. The van der Waals surface area contributed by atoms with Gasteiger partial charge in [0, 0.05) is 13.2 Å². The van der Waals surface area contributed by atoms with E-state index in [-0.39, 0.29) is 17.6 Å². The van der Waals surface area contributed by atoms with Gasteiger partial charge in [0.05, 0.1) is 13.2 Å². The predicted molar refractivity (Wildman–Crippen MR) is 78.6 cm³/mol. The second-order valence-electron chi connectivity index (χ2n) is 4.79. The van der Waals surface area contributed by atoms with Gasteiger partial charge in [-0.2, -0.15) is 5.26 Å². The molecule has 1 saturated heterocycles. The van der Waals surface area contributed by atoms with Gasteiger partial charge in [0.2, 0.25) is 0 Å². The number of hydrogen-bond donors (Lipinski definition) is 1. The molecule has 5 nitrogen and oxygen atoms in total. The molecule has 21 heavy (non-hydrogen) atoms. The highest BCUT2D eigenvalue weighted by Crippen LogP contribution is 2.15. The normalized spacial score (nSPS) is 18.1. The average molecular weight is 286 g/mol. The Morgan fingerprint density at radius 1 is 1.62 bits per heavy atom. The molecule has 0 bridgehead atoms. The van der Waals surface area contributed by atoms with E-state index in [0.717, 1.165) is 25.0 Å². The maximum absolute atomic E-state index is 12.0. The molecule has 1 unspecified atom stereocenters. The fourth-order valence-corrected chi connectivity index (χ4v) is 2.15. The maximum Gasteiger partial charge on any atom is 0.262 e. The van der Waals surface area contributed by atoms with Crippen LogP contribution in [0.2, 0.25) is 0 Å². The summed E-state index contributed by atoms with van der Waals surface area (Å²) >= 11 is 0. The summed E-state index contributed by atoms with van der Waals surface area (Å²) in [5, 5.41) is 11.9. The van der Waals surface area contributed by atoms with Gasteiger partial charge >= 0.3 is 0 Å². The lowest BCUT2D eigenvalue weighted by molar-refractivity contribution is -0.117. The van der Waals surface area contributed by atoms with Crippen molar-refractivity contribution in [1.29, 1.82) is 5.26 Å². The van der Waals surface area contributed by atoms with E-state index in [1.54, 1.807) is 25.3 Å². The standard InChI is InChI=1S/C16H18N2O3/c1-20-14-5-2-4-12(9-14)8-13(10-17)16(19)18-11-15-6-3-7-21-15/h2,4-5,8-9,15H,3,6-7,11H2,1H3,(H,18,19)/b13-8+. The lowest BCUT2D eigenvalue weighted by Crippen LogP contribution is -2.32. The number of nitriles is 1. The second kappa shape index (κ2) is 7.46. The van der Waals surface area contributed by atoms with Crippen LogP contribution in [0.5, 0.6) is 5.75 Å². The molecule has 1 aliphatic heterocycles. The molecule has 1 heterocycles. The van der Waals surface area contributed by atoms with Crippen LogP contribution < -0.4 is 10.1 Å². The number of amides is 1. The molecule has 0 aromatic heterocycles. The van der Waals surface area contributed by atoms with Crippen LogP contribution in [0.15, 0.2) is 29.8 Å². The SMILES string of the molecule is COc1cccc(/C=C(\C#N)C(=O)NCC2CCCO2)c1. The van der Waals surface area contributed by atoms with E-state index in [4.69, 9.17) is 14.7 Å². The Kier molecular flexibility index (Phi) is 5.35. The topological polar surface area (TPSA) is 71.3 Å². The molecule has 1 fully saturated rings. The molecular formula is C16H18N2O3. The third-order valence-electron chi connectivity index (χ3n) is 3.28. The molecule has 0 radical (unpaired) electrons. The molecule has 110 valence electrons. The van der Waals surface area contributed by atoms with Crippen molar-refractivity contribution in [2.75, 3.05) is 20.3 Å². The number of nitrogens with one attached hydrogen (secondary N) is 1. The van der Waals surface area contributed by atoms with Gasteiger partial charge in [0.1, 0.15) is 17.4 Å². The summed E-state index contributed by atoms with van der Waals surface area (Å²) in [5.41, 5.74) is 0.819. The molecule has 1 aromatic rings. The first kappa shape index (κ1) is 15.1. The van der Waals surface area contributed by atoms with Gasteiger partial charge in [0.15, 0.2) is 0 Å². The number of ether oxygens (including phenoxy) is 2. The van der Waals surface area contributed by atoms with Crippen molar-refractivity contribution in [3.63, 3.8) is 0 Å². The monoisotopic (exact) mass is 286 g/mol. The first-order chi connectivity index (χ1) is 10.2. The zero-order chi connectivity index (χ0) is 15.1. The van der Waals surface area contributed by atoms with Crippen molar-refractivity contribution < 1.29 is 14.3 Å². The minimum absolute atomic E-state index is 0.0608. The Morgan fingerprint density at radius 2 is 2.48 bits per heavy atom. The molecule has 1 amide bonds. The Labute approximate surface area is 124 Å². The molecule has 1 atom stereocenters. The summed E-state index contributed by atoms with van der Waals surface area (Å²) in [4.78, 5) is 12.0. The van der Waals surface area contributed by atoms with E-state index in [1.807, 2.05) is 18.2 Å². The van der Waals surface area contributed by atoms with Crippen LogP contribution in [0.4, 0.5) is 0 Å². The molecule has 1 N–H and O–H groups in total. The first-order valence-electron chi connectivity index (χ1n) is 6.88. The molecule has 5 heteroatoms. The zero-order valence-electron chi connectivity index (χ0n) is 12.0. The number of methoxy groups -OCH3 is 1. The summed E-state index contributed by atoms with van der Waals surface area (Å²) in [7, 11) is 1.57.